The Morgan fingerprint density at radius 2 is 1.79 bits per heavy atom. The topological polar surface area (TPSA) is 75.7 Å². The van der Waals surface area contributed by atoms with E-state index in [4.69, 9.17) is 4.74 Å². The maximum absolute atomic E-state index is 12.9. The normalized spacial score (nSPS) is 15.1. The summed E-state index contributed by atoms with van der Waals surface area (Å²) in [6.45, 7) is 2.95. The molecule has 0 bridgehead atoms. The first kappa shape index (κ1) is 21.7. The highest BCUT2D eigenvalue weighted by Gasteiger charge is 2.26. The Labute approximate surface area is 176 Å². The minimum absolute atomic E-state index is 0.179. The van der Waals surface area contributed by atoms with Gasteiger partial charge in [-0.2, -0.15) is 4.31 Å². The number of aryl methyl sites for hydroxylation is 1. The number of hydrogen-bond acceptors (Lipinski definition) is 5. The number of carbonyl (C=O) groups excluding carboxylic acids is 1. The Bertz CT molecular complexity index is 953. The zero-order valence-corrected chi connectivity index (χ0v) is 18.3. The Morgan fingerprint density at radius 3 is 2.45 bits per heavy atom. The Balaban J connectivity index is 1.66. The summed E-state index contributed by atoms with van der Waals surface area (Å²) in [7, 11) is -1.93. The molecule has 0 spiro atoms. The highest BCUT2D eigenvalue weighted by atomic mass is 32.2. The van der Waals surface area contributed by atoms with Crippen molar-refractivity contribution in [2.75, 3.05) is 31.3 Å². The van der Waals surface area contributed by atoms with Crippen LogP contribution in [0.4, 0.5) is 5.69 Å². The molecule has 1 aliphatic rings. The molecule has 2 aromatic carbocycles. The van der Waals surface area contributed by atoms with Crippen molar-refractivity contribution in [1.29, 1.82) is 0 Å². The van der Waals surface area contributed by atoms with Gasteiger partial charge < -0.3 is 10.1 Å². The zero-order valence-electron chi connectivity index (χ0n) is 16.7. The molecular weight excluding hydrogens is 408 g/mol. The van der Waals surface area contributed by atoms with Crippen molar-refractivity contribution >= 4 is 33.4 Å². The predicted molar refractivity (Wildman–Crippen MR) is 116 cm³/mol. The molecule has 156 valence electrons. The van der Waals surface area contributed by atoms with Crippen LogP contribution in [0.2, 0.25) is 0 Å². The summed E-state index contributed by atoms with van der Waals surface area (Å²) in [4.78, 5) is 13.6. The first-order chi connectivity index (χ1) is 13.9. The molecule has 0 atom stereocenters. The van der Waals surface area contributed by atoms with E-state index in [1.807, 2.05) is 31.2 Å². The number of nitrogens with one attached hydrogen (secondary N) is 1. The van der Waals surface area contributed by atoms with Crippen molar-refractivity contribution in [1.82, 2.24) is 4.31 Å². The molecule has 8 heteroatoms. The van der Waals surface area contributed by atoms with Crippen LogP contribution in [-0.2, 0) is 14.8 Å². The quantitative estimate of drug-likeness (QED) is 0.669. The Kier molecular flexibility index (Phi) is 7.21. The number of hydrogen-bond donors (Lipinski definition) is 1. The lowest BCUT2D eigenvalue weighted by Gasteiger charge is -2.26. The molecule has 0 unspecified atom stereocenters. The van der Waals surface area contributed by atoms with Gasteiger partial charge in [0, 0.05) is 23.7 Å². The number of benzene rings is 2. The van der Waals surface area contributed by atoms with Crippen molar-refractivity contribution in [3.8, 4) is 5.75 Å². The summed E-state index contributed by atoms with van der Waals surface area (Å²) < 4.78 is 32.5. The fourth-order valence-corrected chi connectivity index (χ4v) is 5.40. The van der Waals surface area contributed by atoms with Crippen LogP contribution in [-0.4, -0.2) is 44.6 Å². The van der Waals surface area contributed by atoms with Crippen molar-refractivity contribution in [3.63, 3.8) is 0 Å². The number of amides is 1. The van der Waals surface area contributed by atoms with Crippen molar-refractivity contribution in [2.24, 2.45) is 0 Å². The standard InChI is InChI=1S/C21H26N2O4S2/c1-16-6-11-19(29(25,26)23-12-4-3-5-13-23)14-20(16)22-21(24)15-28-18-9-7-17(27-2)8-10-18/h6-11,14H,3-5,12-13,15H2,1-2H3,(H,22,24). The van der Waals surface area contributed by atoms with Crippen molar-refractivity contribution in [3.05, 3.63) is 48.0 Å². The molecule has 0 aromatic heterocycles. The molecule has 29 heavy (non-hydrogen) atoms. The highest BCUT2D eigenvalue weighted by Crippen LogP contribution is 2.26. The summed E-state index contributed by atoms with van der Waals surface area (Å²) in [6.07, 6.45) is 2.83. The largest absolute Gasteiger partial charge is 0.497 e. The van der Waals surface area contributed by atoms with E-state index in [2.05, 4.69) is 5.32 Å². The van der Waals surface area contributed by atoms with Gasteiger partial charge >= 0.3 is 0 Å². The number of sulfonamides is 1. The summed E-state index contributed by atoms with van der Waals surface area (Å²) in [6, 6.07) is 12.4. The minimum Gasteiger partial charge on any atom is -0.497 e. The van der Waals surface area contributed by atoms with Gasteiger partial charge in [0.05, 0.1) is 17.8 Å². The van der Waals surface area contributed by atoms with Gasteiger partial charge in [-0.3, -0.25) is 4.79 Å². The van der Waals surface area contributed by atoms with Gasteiger partial charge in [-0.25, -0.2) is 8.42 Å². The van der Waals surface area contributed by atoms with E-state index in [0.717, 1.165) is 35.5 Å². The maximum atomic E-state index is 12.9. The smallest absolute Gasteiger partial charge is 0.243 e. The van der Waals surface area contributed by atoms with Gasteiger partial charge in [-0.1, -0.05) is 12.5 Å². The first-order valence-corrected chi connectivity index (χ1v) is 12.0. The average molecular weight is 435 g/mol. The van der Waals surface area contributed by atoms with Gasteiger partial charge in [0.2, 0.25) is 15.9 Å². The second-order valence-corrected chi connectivity index (χ2v) is 9.94. The number of piperidine rings is 1. The van der Waals surface area contributed by atoms with Crippen LogP contribution in [0.5, 0.6) is 5.75 Å². The third-order valence-electron chi connectivity index (χ3n) is 4.87. The van der Waals surface area contributed by atoms with Crippen LogP contribution in [0, 0.1) is 6.92 Å². The molecule has 1 saturated heterocycles. The third-order valence-corrected chi connectivity index (χ3v) is 7.77. The van der Waals surface area contributed by atoms with E-state index in [1.165, 1.54) is 16.1 Å². The molecule has 1 N–H and O–H groups in total. The average Bonchev–Trinajstić information content (AvgIpc) is 2.74. The molecule has 3 rings (SSSR count). The number of methoxy groups -OCH3 is 1. The molecular formula is C21H26N2O4S2. The zero-order chi connectivity index (χ0) is 20.9. The van der Waals surface area contributed by atoms with E-state index < -0.39 is 10.0 Å². The lowest BCUT2D eigenvalue weighted by molar-refractivity contribution is -0.113. The van der Waals surface area contributed by atoms with Gasteiger partial charge in [0.1, 0.15) is 5.75 Å². The predicted octanol–water partition coefficient (Wildman–Crippen LogP) is 3.91. The molecule has 2 aromatic rings. The molecule has 0 radical (unpaired) electrons. The van der Waals surface area contributed by atoms with Crippen LogP contribution in [0.3, 0.4) is 0 Å². The van der Waals surface area contributed by atoms with Gasteiger partial charge in [0.15, 0.2) is 0 Å². The molecule has 1 heterocycles. The number of nitrogens with zero attached hydrogens (tertiary/aromatic N) is 1. The van der Waals surface area contributed by atoms with Crippen molar-refractivity contribution < 1.29 is 17.9 Å². The lowest BCUT2D eigenvalue weighted by Crippen LogP contribution is -2.35. The maximum Gasteiger partial charge on any atom is 0.243 e. The molecule has 1 aliphatic heterocycles. The third kappa shape index (κ3) is 5.52. The number of rotatable bonds is 7. The monoisotopic (exact) mass is 434 g/mol. The Morgan fingerprint density at radius 1 is 1.10 bits per heavy atom. The first-order valence-electron chi connectivity index (χ1n) is 9.57. The highest BCUT2D eigenvalue weighted by molar-refractivity contribution is 8.00. The summed E-state index contributed by atoms with van der Waals surface area (Å²) in [5, 5.41) is 2.85. The number of ether oxygens (including phenoxy) is 1. The fraction of sp³-hybridized carbons (Fsp3) is 0.381. The van der Waals surface area contributed by atoms with E-state index in [0.29, 0.717) is 18.8 Å². The number of thioether (sulfide) groups is 1. The van der Waals surface area contributed by atoms with Crippen molar-refractivity contribution in [2.45, 2.75) is 36.0 Å². The summed E-state index contributed by atoms with van der Waals surface area (Å²) in [5.41, 5.74) is 1.36. The SMILES string of the molecule is COc1ccc(SCC(=O)Nc2cc(S(=O)(=O)N3CCCCC3)ccc2C)cc1. The molecule has 0 aliphatic carbocycles. The van der Waals surface area contributed by atoms with Gasteiger partial charge in [-0.15, -0.1) is 11.8 Å². The number of anilines is 1. The molecule has 1 fully saturated rings. The van der Waals surface area contributed by atoms with Crippen LogP contribution < -0.4 is 10.1 Å². The lowest BCUT2D eigenvalue weighted by atomic mass is 10.2. The van der Waals surface area contributed by atoms with E-state index >= 15 is 0 Å². The molecule has 6 nitrogen and oxygen atoms in total. The van der Waals surface area contributed by atoms with Gasteiger partial charge in [0.25, 0.3) is 0 Å². The second-order valence-electron chi connectivity index (χ2n) is 6.95. The summed E-state index contributed by atoms with van der Waals surface area (Å²) in [5.74, 6) is 0.817. The summed E-state index contributed by atoms with van der Waals surface area (Å²) >= 11 is 1.41. The molecule has 0 saturated carbocycles. The van der Waals surface area contributed by atoms with Crippen LogP contribution in [0.15, 0.2) is 52.3 Å². The van der Waals surface area contributed by atoms with Crippen LogP contribution in [0.25, 0.3) is 0 Å². The van der Waals surface area contributed by atoms with Gasteiger partial charge in [-0.05, 0) is 61.7 Å². The van der Waals surface area contributed by atoms with E-state index in [1.54, 1.807) is 25.3 Å². The fourth-order valence-electron chi connectivity index (χ4n) is 3.16. The van der Waals surface area contributed by atoms with E-state index in [-0.39, 0.29) is 16.6 Å². The minimum atomic E-state index is -3.53. The molecule has 1 amide bonds. The van der Waals surface area contributed by atoms with Crippen LogP contribution in [0.1, 0.15) is 24.8 Å². The van der Waals surface area contributed by atoms with E-state index in [9.17, 15) is 13.2 Å². The van der Waals surface area contributed by atoms with Crippen LogP contribution >= 0.6 is 11.8 Å². The second kappa shape index (κ2) is 9.65. The Hall–Kier alpha value is -2.03. The number of carbonyl (C=O) groups is 1.